The van der Waals surface area contributed by atoms with Gasteiger partial charge in [-0.1, -0.05) is 11.6 Å². The Kier molecular flexibility index (Phi) is 4.78. The summed E-state index contributed by atoms with van der Waals surface area (Å²) in [5.41, 5.74) is 0. The Bertz CT molecular complexity index is 355. The van der Waals surface area contributed by atoms with Crippen LogP contribution in [0.25, 0.3) is 0 Å². The summed E-state index contributed by atoms with van der Waals surface area (Å²) in [6.45, 7) is 0. The number of rotatable bonds is 5. The molecule has 0 saturated carbocycles. The first-order chi connectivity index (χ1) is 7.13. The van der Waals surface area contributed by atoms with Crippen LogP contribution in [0, 0.1) is 0 Å². The molecule has 0 atom stereocenters. The van der Waals surface area contributed by atoms with Gasteiger partial charge < -0.3 is 9.84 Å². The second-order valence-electron chi connectivity index (χ2n) is 2.79. The fraction of sp³-hybridized carbons (Fsp3) is 0.300. The first-order valence-electron chi connectivity index (χ1n) is 4.31. The molecule has 0 aliphatic heterocycles. The zero-order chi connectivity index (χ0) is 11.3. The summed E-state index contributed by atoms with van der Waals surface area (Å²) in [6, 6.07) is 5.38. The smallest absolute Gasteiger partial charge is 0.304 e. The van der Waals surface area contributed by atoms with Gasteiger partial charge in [0.05, 0.1) is 18.6 Å². The molecule has 5 heteroatoms. The molecule has 0 unspecified atom stereocenters. The standard InChI is InChI=1S/C10H11ClO3S/c1-14-9-6-7(2-3-8(9)11)15-5-4-10(12)13/h2-3,6H,4-5H2,1H3,(H,12,13). The second-order valence-corrected chi connectivity index (χ2v) is 4.36. The Morgan fingerprint density at radius 3 is 2.93 bits per heavy atom. The van der Waals surface area contributed by atoms with Crippen molar-refractivity contribution in [2.45, 2.75) is 11.3 Å². The van der Waals surface area contributed by atoms with Crippen molar-refractivity contribution in [3.63, 3.8) is 0 Å². The molecular weight excluding hydrogens is 236 g/mol. The van der Waals surface area contributed by atoms with Crippen molar-refractivity contribution in [2.24, 2.45) is 0 Å². The lowest BCUT2D eigenvalue weighted by Gasteiger charge is -2.05. The number of thioether (sulfide) groups is 1. The van der Waals surface area contributed by atoms with E-state index in [1.54, 1.807) is 19.2 Å². The lowest BCUT2D eigenvalue weighted by atomic mass is 10.3. The summed E-state index contributed by atoms with van der Waals surface area (Å²) >= 11 is 7.32. The van der Waals surface area contributed by atoms with Gasteiger partial charge >= 0.3 is 5.97 Å². The zero-order valence-electron chi connectivity index (χ0n) is 8.20. The average Bonchev–Trinajstić information content (AvgIpc) is 2.20. The van der Waals surface area contributed by atoms with Gasteiger partial charge in [0.25, 0.3) is 0 Å². The Labute approximate surface area is 97.4 Å². The Morgan fingerprint density at radius 2 is 2.33 bits per heavy atom. The Balaban J connectivity index is 2.58. The molecular formula is C10H11ClO3S. The first-order valence-corrected chi connectivity index (χ1v) is 5.68. The highest BCUT2D eigenvalue weighted by Crippen LogP contribution is 2.29. The number of carboxylic acid groups (broad SMARTS) is 1. The maximum absolute atomic E-state index is 10.3. The number of hydrogen-bond acceptors (Lipinski definition) is 3. The monoisotopic (exact) mass is 246 g/mol. The molecule has 0 aromatic heterocycles. The number of methoxy groups -OCH3 is 1. The molecule has 0 bridgehead atoms. The number of aliphatic carboxylic acids is 1. The van der Waals surface area contributed by atoms with Crippen LogP contribution in [-0.2, 0) is 4.79 Å². The van der Waals surface area contributed by atoms with Gasteiger partial charge in [-0.25, -0.2) is 0 Å². The molecule has 0 spiro atoms. The SMILES string of the molecule is COc1cc(SCCC(=O)O)ccc1Cl. The molecule has 3 nitrogen and oxygen atoms in total. The van der Waals surface area contributed by atoms with Gasteiger partial charge in [0, 0.05) is 10.6 Å². The average molecular weight is 247 g/mol. The van der Waals surface area contributed by atoms with Gasteiger partial charge in [-0.15, -0.1) is 11.8 Å². The third-order valence-corrected chi connectivity index (χ3v) is 3.02. The fourth-order valence-electron chi connectivity index (χ4n) is 0.986. The van der Waals surface area contributed by atoms with Crippen LogP contribution in [0.15, 0.2) is 23.1 Å². The fourth-order valence-corrected chi connectivity index (χ4v) is 2.05. The summed E-state index contributed by atoms with van der Waals surface area (Å²) in [5.74, 6) is 0.362. The maximum atomic E-state index is 10.3. The summed E-state index contributed by atoms with van der Waals surface area (Å²) in [4.78, 5) is 11.3. The van der Waals surface area contributed by atoms with Crippen LogP contribution in [-0.4, -0.2) is 23.9 Å². The molecule has 0 saturated heterocycles. The number of ether oxygens (including phenoxy) is 1. The summed E-state index contributed by atoms with van der Waals surface area (Å²) < 4.78 is 5.05. The van der Waals surface area contributed by atoms with Crippen molar-refractivity contribution in [2.75, 3.05) is 12.9 Å². The van der Waals surface area contributed by atoms with Crippen molar-refractivity contribution in [1.82, 2.24) is 0 Å². The topological polar surface area (TPSA) is 46.5 Å². The minimum atomic E-state index is -0.788. The van der Waals surface area contributed by atoms with Gasteiger partial charge in [0.15, 0.2) is 0 Å². The molecule has 0 radical (unpaired) electrons. The van der Waals surface area contributed by atoms with Crippen molar-refractivity contribution in [3.05, 3.63) is 23.2 Å². The molecule has 1 aromatic carbocycles. The Hall–Kier alpha value is -0.870. The number of halogens is 1. The third kappa shape index (κ3) is 4.01. The predicted molar refractivity (Wildman–Crippen MR) is 61.0 cm³/mol. The van der Waals surface area contributed by atoms with E-state index in [1.165, 1.54) is 11.8 Å². The van der Waals surface area contributed by atoms with Crippen molar-refractivity contribution < 1.29 is 14.6 Å². The van der Waals surface area contributed by atoms with Crippen LogP contribution in [0.2, 0.25) is 5.02 Å². The summed E-state index contributed by atoms with van der Waals surface area (Å²) in [6.07, 6.45) is 0.148. The van der Waals surface area contributed by atoms with E-state index in [-0.39, 0.29) is 6.42 Å². The van der Waals surface area contributed by atoms with Crippen LogP contribution in [0.1, 0.15) is 6.42 Å². The van der Waals surface area contributed by atoms with Crippen LogP contribution >= 0.6 is 23.4 Å². The molecule has 0 fully saturated rings. The molecule has 0 aliphatic rings. The van der Waals surface area contributed by atoms with Crippen molar-refractivity contribution in [1.29, 1.82) is 0 Å². The van der Waals surface area contributed by atoms with Gasteiger partial charge in [0.2, 0.25) is 0 Å². The number of carboxylic acids is 1. The lowest BCUT2D eigenvalue weighted by Crippen LogP contribution is -1.95. The minimum Gasteiger partial charge on any atom is -0.495 e. The van der Waals surface area contributed by atoms with Crippen LogP contribution in [0.3, 0.4) is 0 Å². The minimum absolute atomic E-state index is 0.148. The van der Waals surface area contributed by atoms with E-state index in [0.29, 0.717) is 16.5 Å². The molecule has 1 aromatic rings. The van der Waals surface area contributed by atoms with Gasteiger partial charge in [0.1, 0.15) is 5.75 Å². The third-order valence-electron chi connectivity index (χ3n) is 1.71. The zero-order valence-corrected chi connectivity index (χ0v) is 9.77. The van der Waals surface area contributed by atoms with Crippen molar-refractivity contribution >= 4 is 29.3 Å². The molecule has 0 aliphatic carbocycles. The summed E-state index contributed by atoms with van der Waals surface area (Å²) in [5, 5.41) is 9.03. The van der Waals surface area contributed by atoms with E-state index in [0.717, 1.165) is 4.90 Å². The highest BCUT2D eigenvalue weighted by molar-refractivity contribution is 7.99. The Morgan fingerprint density at radius 1 is 1.60 bits per heavy atom. The first kappa shape index (κ1) is 12.2. The molecule has 1 N–H and O–H groups in total. The highest BCUT2D eigenvalue weighted by Gasteiger charge is 2.03. The van der Waals surface area contributed by atoms with Gasteiger partial charge in [-0.05, 0) is 18.2 Å². The normalized spacial score (nSPS) is 10.0. The van der Waals surface area contributed by atoms with E-state index in [9.17, 15) is 4.79 Å². The van der Waals surface area contributed by atoms with Crippen LogP contribution < -0.4 is 4.74 Å². The largest absolute Gasteiger partial charge is 0.495 e. The van der Waals surface area contributed by atoms with E-state index in [2.05, 4.69) is 0 Å². The van der Waals surface area contributed by atoms with E-state index in [1.807, 2.05) is 6.07 Å². The second kappa shape index (κ2) is 5.88. The molecule has 0 amide bonds. The lowest BCUT2D eigenvalue weighted by molar-refractivity contribution is -0.136. The molecule has 82 valence electrons. The number of benzene rings is 1. The summed E-state index contributed by atoms with van der Waals surface area (Å²) in [7, 11) is 1.55. The van der Waals surface area contributed by atoms with Gasteiger partial charge in [-0.2, -0.15) is 0 Å². The van der Waals surface area contributed by atoms with E-state index < -0.39 is 5.97 Å². The molecule has 15 heavy (non-hydrogen) atoms. The predicted octanol–water partition coefficient (Wildman–Crippen LogP) is 2.92. The molecule has 1 rings (SSSR count). The highest BCUT2D eigenvalue weighted by atomic mass is 35.5. The van der Waals surface area contributed by atoms with Crippen LogP contribution in [0.5, 0.6) is 5.75 Å². The van der Waals surface area contributed by atoms with E-state index >= 15 is 0 Å². The van der Waals surface area contributed by atoms with Crippen LogP contribution in [0.4, 0.5) is 0 Å². The number of hydrogen-bond donors (Lipinski definition) is 1. The van der Waals surface area contributed by atoms with E-state index in [4.69, 9.17) is 21.4 Å². The molecule has 0 heterocycles. The quantitative estimate of drug-likeness (QED) is 0.812. The van der Waals surface area contributed by atoms with Crippen molar-refractivity contribution in [3.8, 4) is 5.75 Å². The maximum Gasteiger partial charge on any atom is 0.304 e. The van der Waals surface area contributed by atoms with Gasteiger partial charge in [-0.3, -0.25) is 4.79 Å². The number of carbonyl (C=O) groups is 1.